The van der Waals surface area contributed by atoms with E-state index in [1.165, 1.54) is 0 Å². The second-order valence-electron chi connectivity index (χ2n) is 2.72. The number of nitrogens with zero attached hydrogens (tertiary/aromatic N) is 2. The molecular formula is C10H9N3S. The number of anilines is 1. The van der Waals surface area contributed by atoms with Crippen LogP contribution in [0.15, 0.2) is 52.8 Å². The van der Waals surface area contributed by atoms with Crippen molar-refractivity contribution in [2.45, 2.75) is 9.92 Å². The Morgan fingerprint density at radius 3 is 2.50 bits per heavy atom. The Labute approximate surface area is 86.4 Å². The highest BCUT2D eigenvalue weighted by Gasteiger charge is 1.96. The minimum Gasteiger partial charge on any atom is -0.399 e. The normalized spacial score (nSPS) is 10.0. The van der Waals surface area contributed by atoms with Gasteiger partial charge in [-0.25, -0.2) is 9.97 Å². The van der Waals surface area contributed by atoms with Crippen LogP contribution in [-0.2, 0) is 0 Å². The molecule has 0 aliphatic heterocycles. The molecule has 0 spiro atoms. The Morgan fingerprint density at radius 1 is 1.07 bits per heavy atom. The highest BCUT2D eigenvalue weighted by atomic mass is 32.2. The van der Waals surface area contributed by atoms with Gasteiger partial charge in [0.1, 0.15) is 11.4 Å². The van der Waals surface area contributed by atoms with Crippen LogP contribution in [0.25, 0.3) is 0 Å². The molecule has 0 aliphatic rings. The number of hydrogen-bond acceptors (Lipinski definition) is 4. The van der Waals surface area contributed by atoms with E-state index in [1.54, 1.807) is 24.3 Å². The van der Waals surface area contributed by atoms with Gasteiger partial charge in [0.2, 0.25) is 0 Å². The first-order valence-corrected chi connectivity index (χ1v) is 4.95. The van der Waals surface area contributed by atoms with Gasteiger partial charge in [-0.2, -0.15) is 0 Å². The average molecular weight is 203 g/mol. The lowest BCUT2D eigenvalue weighted by atomic mass is 10.3. The molecule has 0 bridgehead atoms. The van der Waals surface area contributed by atoms with Crippen LogP contribution in [0.2, 0.25) is 0 Å². The number of rotatable bonds is 2. The van der Waals surface area contributed by atoms with Gasteiger partial charge in [-0.05, 0) is 30.3 Å². The van der Waals surface area contributed by atoms with Crippen LogP contribution in [0.5, 0.6) is 0 Å². The van der Waals surface area contributed by atoms with Crippen LogP contribution in [-0.4, -0.2) is 9.97 Å². The second kappa shape index (κ2) is 4.11. The van der Waals surface area contributed by atoms with Crippen LogP contribution in [0.1, 0.15) is 0 Å². The fraction of sp³-hybridized carbons (Fsp3) is 0. The molecule has 14 heavy (non-hydrogen) atoms. The Morgan fingerprint density at radius 2 is 1.86 bits per heavy atom. The summed E-state index contributed by atoms with van der Waals surface area (Å²) in [6.07, 6.45) is 3.27. The molecule has 0 aliphatic carbocycles. The molecule has 4 heteroatoms. The van der Waals surface area contributed by atoms with Crippen molar-refractivity contribution in [2.24, 2.45) is 0 Å². The van der Waals surface area contributed by atoms with Crippen molar-refractivity contribution in [1.82, 2.24) is 9.97 Å². The molecule has 1 aromatic carbocycles. The zero-order valence-corrected chi connectivity index (χ0v) is 8.24. The van der Waals surface area contributed by atoms with E-state index in [2.05, 4.69) is 9.97 Å². The van der Waals surface area contributed by atoms with E-state index in [-0.39, 0.29) is 0 Å². The Kier molecular flexibility index (Phi) is 2.65. The van der Waals surface area contributed by atoms with Gasteiger partial charge in [0, 0.05) is 16.8 Å². The standard InChI is InChI=1S/C10H9N3S/c11-8-1-3-9(4-2-8)14-10-5-6-12-7-13-10/h1-7H,11H2. The van der Waals surface area contributed by atoms with E-state index >= 15 is 0 Å². The smallest absolute Gasteiger partial charge is 0.116 e. The third-order valence-corrected chi connectivity index (χ3v) is 2.62. The summed E-state index contributed by atoms with van der Waals surface area (Å²) in [4.78, 5) is 9.10. The predicted molar refractivity (Wildman–Crippen MR) is 57.0 cm³/mol. The quantitative estimate of drug-likeness (QED) is 0.600. The fourth-order valence-electron chi connectivity index (χ4n) is 0.996. The minimum atomic E-state index is 0.775. The number of hydrogen-bond donors (Lipinski definition) is 1. The van der Waals surface area contributed by atoms with E-state index in [9.17, 15) is 0 Å². The molecule has 0 amide bonds. The third kappa shape index (κ3) is 2.23. The summed E-state index contributed by atoms with van der Waals surface area (Å²) >= 11 is 1.59. The van der Waals surface area contributed by atoms with Gasteiger partial charge in [0.05, 0.1) is 0 Å². The van der Waals surface area contributed by atoms with E-state index in [0.29, 0.717) is 0 Å². The molecule has 70 valence electrons. The summed E-state index contributed by atoms with van der Waals surface area (Å²) in [7, 11) is 0. The Hall–Kier alpha value is -1.55. The maximum atomic E-state index is 5.59. The van der Waals surface area contributed by atoms with Crippen molar-refractivity contribution < 1.29 is 0 Å². The highest BCUT2D eigenvalue weighted by molar-refractivity contribution is 7.99. The monoisotopic (exact) mass is 203 g/mol. The van der Waals surface area contributed by atoms with Crippen LogP contribution >= 0.6 is 11.8 Å². The molecule has 2 N–H and O–H groups in total. The number of nitrogens with two attached hydrogens (primary N) is 1. The summed E-state index contributed by atoms with van der Waals surface area (Å²) in [5.41, 5.74) is 6.36. The summed E-state index contributed by atoms with van der Waals surface area (Å²) in [6.45, 7) is 0. The van der Waals surface area contributed by atoms with E-state index in [1.807, 2.05) is 30.3 Å². The molecule has 1 heterocycles. The topological polar surface area (TPSA) is 51.8 Å². The Balaban J connectivity index is 2.16. The van der Waals surface area contributed by atoms with Gasteiger partial charge in [-0.15, -0.1) is 0 Å². The van der Waals surface area contributed by atoms with Crippen molar-refractivity contribution in [3.8, 4) is 0 Å². The van der Waals surface area contributed by atoms with Gasteiger partial charge in [-0.1, -0.05) is 11.8 Å². The molecule has 0 saturated heterocycles. The molecule has 3 nitrogen and oxygen atoms in total. The van der Waals surface area contributed by atoms with Crippen molar-refractivity contribution in [3.63, 3.8) is 0 Å². The maximum Gasteiger partial charge on any atom is 0.116 e. The van der Waals surface area contributed by atoms with E-state index < -0.39 is 0 Å². The molecule has 0 radical (unpaired) electrons. The number of nitrogen functional groups attached to an aromatic ring is 1. The minimum absolute atomic E-state index is 0.775. The SMILES string of the molecule is Nc1ccc(Sc2ccncn2)cc1. The van der Waals surface area contributed by atoms with Crippen molar-refractivity contribution in [3.05, 3.63) is 42.9 Å². The molecule has 0 unspecified atom stereocenters. The van der Waals surface area contributed by atoms with Gasteiger partial charge in [0.25, 0.3) is 0 Å². The van der Waals surface area contributed by atoms with Crippen molar-refractivity contribution >= 4 is 17.4 Å². The molecule has 0 fully saturated rings. The maximum absolute atomic E-state index is 5.59. The van der Waals surface area contributed by atoms with E-state index in [0.717, 1.165) is 15.6 Å². The third-order valence-electron chi connectivity index (χ3n) is 1.66. The fourth-order valence-corrected chi connectivity index (χ4v) is 1.74. The molecular weight excluding hydrogens is 194 g/mol. The summed E-state index contributed by atoms with van der Waals surface area (Å²) in [6, 6.07) is 9.58. The molecule has 2 aromatic rings. The first kappa shape index (κ1) is 9.02. The van der Waals surface area contributed by atoms with Gasteiger partial charge in [0.15, 0.2) is 0 Å². The summed E-state index contributed by atoms with van der Waals surface area (Å²) in [5.74, 6) is 0. The summed E-state index contributed by atoms with van der Waals surface area (Å²) < 4.78 is 0. The van der Waals surface area contributed by atoms with Crippen LogP contribution in [0.4, 0.5) is 5.69 Å². The largest absolute Gasteiger partial charge is 0.399 e. The molecule has 1 aromatic heterocycles. The summed E-state index contributed by atoms with van der Waals surface area (Å²) in [5, 5.41) is 0.935. The Bertz CT molecular complexity index is 399. The lowest BCUT2D eigenvalue weighted by Crippen LogP contribution is -1.83. The van der Waals surface area contributed by atoms with Crippen LogP contribution < -0.4 is 5.73 Å². The zero-order chi connectivity index (χ0) is 9.80. The van der Waals surface area contributed by atoms with Gasteiger partial charge in [-0.3, -0.25) is 0 Å². The number of aromatic nitrogens is 2. The molecule has 2 rings (SSSR count). The van der Waals surface area contributed by atoms with Crippen LogP contribution in [0, 0.1) is 0 Å². The number of benzene rings is 1. The van der Waals surface area contributed by atoms with Crippen LogP contribution in [0.3, 0.4) is 0 Å². The first-order chi connectivity index (χ1) is 6.84. The second-order valence-corrected chi connectivity index (χ2v) is 3.81. The molecule has 0 atom stereocenters. The highest BCUT2D eigenvalue weighted by Crippen LogP contribution is 2.25. The lowest BCUT2D eigenvalue weighted by molar-refractivity contribution is 1.05. The van der Waals surface area contributed by atoms with Crippen molar-refractivity contribution in [2.75, 3.05) is 5.73 Å². The average Bonchev–Trinajstić information content (AvgIpc) is 2.23. The zero-order valence-electron chi connectivity index (χ0n) is 7.42. The first-order valence-electron chi connectivity index (χ1n) is 4.14. The predicted octanol–water partition coefficient (Wildman–Crippen LogP) is 2.21. The van der Waals surface area contributed by atoms with Gasteiger partial charge < -0.3 is 5.73 Å². The lowest BCUT2D eigenvalue weighted by Gasteiger charge is -1.99. The van der Waals surface area contributed by atoms with Crippen molar-refractivity contribution in [1.29, 1.82) is 0 Å². The van der Waals surface area contributed by atoms with Gasteiger partial charge >= 0.3 is 0 Å². The molecule has 0 saturated carbocycles. The van der Waals surface area contributed by atoms with E-state index in [4.69, 9.17) is 5.73 Å².